The molecule has 1 aromatic heterocycles. The molecular formula is C19H21N3O2. The molecule has 0 saturated carbocycles. The maximum Gasteiger partial charge on any atom is 0.161 e. The molecule has 0 radical (unpaired) electrons. The smallest absolute Gasteiger partial charge is 0.161 e. The zero-order chi connectivity index (χ0) is 16.5. The first-order valence-corrected chi connectivity index (χ1v) is 8.16. The van der Waals surface area contributed by atoms with E-state index in [1.165, 1.54) is 11.1 Å². The number of imidazole rings is 1. The van der Waals surface area contributed by atoms with Crippen LogP contribution in [0.25, 0.3) is 11.0 Å². The molecule has 0 fully saturated rings. The minimum atomic E-state index is 0.793. The van der Waals surface area contributed by atoms with E-state index in [0.29, 0.717) is 0 Å². The van der Waals surface area contributed by atoms with Crippen LogP contribution in [0.15, 0.2) is 36.4 Å². The Bertz CT molecular complexity index is 839. The van der Waals surface area contributed by atoms with E-state index in [0.717, 1.165) is 54.4 Å². The summed E-state index contributed by atoms with van der Waals surface area (Å²) in [5.74, 6) is 2.61. The highest BCUT2D eigenvalue weighted by atomic mass is 16.5. The summed E-state index contributed by atoms with van der Waals surface area (Å²) in [6.45, 7) is 2.73. The van der Waals surface area contributed by atoms with Gasteiger partial charge in [-0.15, -0.1) is 0 Å². The van der Waals surface area contributed by atoms with Gasteiger partial charge in [-0.1, -0.05) is 12.1 Å². The van der Waals surface area contributed by atoms with Gasteiger partial charge in [0, 0.05) is 13.1 Å². The lowest BCUT2D eigenvalue weighted by Crippen LogP contribution is -2.30. The monoisotopic (exact) mass is 323 g/mol. The Morgan fingerprint density at radius 3 is 2.58 bits per heavy atom. The number of hydrogen-bond acceptors (Lipinski definition) is 4. The van der Waals surface area contributed by atoms with E-state index >= 15 is 0 Å². The molecule has 124 valence electrons. The van der Waals surface area contributed by atoms with Crippen molar-refractivity contribution >= 4 is 11.0 Å². The lowest BCUT2D eigenvalue weighted by Gasteiger charge is -2.28. The molecule has 5 nitrogen and oxygen atoms in total. The Morgan fingerprint density at radius 2 is 1.83 bits per heavy atom. The molecule has 2 heterocycles. The zero-order valence-corrected chi connectivity index (χ0v) is 14.0. The number of rotatable bonds is 4. The molecule has 5 heteroatoms. The highest BCUT2D eigenvalue weighted by Crippen LogP contribution is 2.33. The van der Waals surface area contributed by atoms with E-state index in [2.05, 4.69) is 33.1 Å². The van der Waals surface area contributed by atoms with Gasteiger partial charge in [-0.2, -0.15) is 0 Å². The molecule has 0 saturated heterocycles. The van der Waals surface area contributed by atoms with Crippen LogP contribution >= 0.6 is 0 Å². The Balaban J connectivity index is 1.55. The van der Waals surface area contributed by atoms with Crippen LogP contribution in [0.4, 0.5) is 0 Å². The summed E-state index contributed by atoms with van der Waals surface area (Å²) in [4.78, 5) is 10.5. The van der Waals surface area contributed by atoms with Crippen LogP contribution in [0, 0.1) is 0 Å². The van der Waals surface area contributed by atoms with E-state index in [4.69, 9.17) is 9.47 Å². The van der Waals surface area contributed by atoms with Crippen molar-refractivity contribution in [2.24, 2.45) is 0 Å². The van der Waals surface area contributed by atoms with Crippen LogP contribution in [0.3, 0.4) is 0 Å². The van der Waals surface area contributed by atoms with Gasteiger partial charge in [0.25, 0.3) is 0 Å². The molecule has 0 spiro atoms. The fourth-order valence-corrected chi connectivity index (χ4v) is 3.37. The first-order valence-electron chi connectivity index (χ1n) is 8.16. The summed E-state index contributed by atoms with van der Waals surface area (Å²) in [5.41, 5.74) is 4.76. The van der Waals surface area contributed by atoms with Crippen LogP contribution in [-0.4, -0.2) is 35.6 Å². The van der Waals surface area contributed by atoms with Gasteiger partial charge in [-0.25, -0.2) is 4.98 Å². The molecule has 1 aliphatic rings. The molecular weight excluding hydrogens is 302 g/mol. The maximum absolute atomic E-state index is 5.43. The summed E-state index contributed by atoms with van der Waals surface area (Å²) in [6.07, 6.45) is 1.01. The number of methoxy groups -OCH3 is 2. The number of nitrogens with one attached hydrogen (secondary N) is 1. The number of ether oxygens (including phenoxy) is 2. The van der Waals surface area contributed by atoms with Gasteiger partial charge in [0.05, 0.1) is 31.8 Å². The number of fused-ring (bicyclic) bond motifs is 2. The average molecular weight is 323 g/mol. The van der Waals surface area contributed by atoms with Gasteiger partial charge < -0.3 is 14.5 Å². The molecule has 3 aromatic rings. The second-order valence-electron chi connectivity index (χ2n) is 6.14. The van der Waals surface area contributed by atoms with Crippen molar-refractivity contribution in [3.63, 3.8) is 0 Å². The first kappa shape index (κ1) is 15.0. The lowest BCUT2D eigenvalue weighted by molar-refractivity contribution is 0.239. The van der Waals surface area contributed by atoms with Crippen molar-refractivity contribution in [3.05, 3.63) is 53.3 Å². The van der Waals surface area contributed by atoms with Crippen LogP contribution in [0.5, 0.6) is 11.5 Å². The summed E-state index contributed by atoms with van der Waals surface area (Å²) < 4.78 is 10.8. The molecule has 2 aromatic carbocycles. The van der Waals surface area contributed by atoms with Crippen LogP contribution < -0.4 is 9.47 Å². The number of aromatic nitrogens is 2. The van der Waals surface area contributed by atoms with Gasteiger partial charge in [0.15, 0.2) is 11.5 Å². The molecule has 0 bridgehead atoms. The topological polar surface area (TPSA) is 50.4 Å². The van der Waals surface area contributed by atoms with Crippen molar-refractivity contribution < 1.29 is 9.47 Å². The molecule has 0 aliphatic carbocycles. The number of H-pyrrole nitrogens is 1. The lowest BCUT2D eigenvalue weighted by atomic mass is 9.99. The summed E-state index contributed by atoms with van der Waals surface area (Å²) in [6, 6.07) is 12.4. The molecule has 0 unspecified atom stereocenters. The molecule has 4 rings (SSSR count). The van der Waals surface area contributed by atoms with Gasteiger partial charge in [0.1, 0.15) is 5.82 Å². The Labute approximate surface area is 141 Å². The van der Waals surface area contributed by atoms with E-state index in [9.17, 15) is 0 Å². The summed E-state index contributed by atoms with van der Waals surface area (Å²) in [5, 5.41) is 0. The Morgan fingerprint density at radius 1 is 1.08 bits per heavy atom. The highest BCUT2D eigenvalue weighted by Gasteiger charge is 2.20. The van der Waals surface area contributed by atoms with Crippen LogP contribution in [0.1, 0.15) is 17.0 Å². The van der Waals surface area contributed by atoms with E-state index in [-0.39, 0.29) is 0 Å². The molecule has 0 atom stereocenters. The number of nitrogens with zero attached hydrogens (tertiary/aromatic N) is 2. The van der Waals surface area contributed by atoms with Crippen LogP contribution in [0.2, 0.25) is 0 Å². The van der Waals surface area contributed by atoms with Crippen molar-refractivity contribution in [1.82, 2.24) is 14.9 Å². The predicted octanol–water partition coefficient (Wildman–Crippen LogP) is 3.14. The third kappa shape index (κ3) is 2.71. The summed E-state index contributed by atoms with van der Waals surface area (Å²) in [7, 11) is 3.36. The quantitative estimate of drug-likeness (QED) is 0.801. The largest absolute Gasteiger partial charge is 0.493 e. The molecule has 24 heavy (non-hydrogen) atoms. The minimum absolute atomic E-state index is 0.793. The first-order chi connectivity index (χ1) is 11.8. The SMILES string of the molecule is COc1cc2c(cc1OC)CN(Cc1nc3ccccc3[nH]1)CC2. The Kier molecular flexibility index (Phi) is 3.86. The van der Waals surface area contributed by atoms with Crippen molar-refractivity contribution in [3.8, 4) is 11.5 Å². The van der Waals surface area contributed by atoms with Crippen molar-refractivity contribution in [2.75, 3.05) is 20.8 Å². The number of benzene rings is 2. The Hall–Kier alpha value is -2.53. The molecule has 1 aliphatic heterocycles. The predicted molar refractivity (Wildman–Crippen MR) is 93.5 cm³/mol. The number of aromatic amines is 1. The highest BCUT2D eigenvalue weighted by molar-refractivity contribution is 5.74. The van der Waals surface area contributed by atoms with Gasteiger partial charge in [-0.3, -0.25) is 4.90 Å². The van der Waals surface area contributed by atoms with E-state index in [1.807, 2.05) is 18.2 Å². The fraction of sp³-hybridized carbons (Fsp3) is 0.316. The minimum Gasteiger partial charge on any atom is -0.493 e. The fourth-order valence-electron chi connectivity index (χ4n) is 3.37. The van der Waals surface area contributed by atoms with Crippen molar-refractivity contribution in [1.29, 1.82) is 0 Å². The van der Waals surface area contributed by atoms with Crippen molar-refractivity contribution in [2.45, 2.75) is 19.5 Å². The number of para-hydroxylation sites is 2. The standard InChI is InChI=1S/C19H21N3O2/c1-23-17-9-13-7-8-22(11-14(13)10-18(17)24-2)12-19-20-15-5-3-4-6-16(15)21-19/h3-6,9-10H,7-8,11-12H2,1-2H3,(H,20,21). The zero-order valence-electron chi connectivity index (χ0n) is 14.0. The second kappa shape index (κ2) is 6.17. The van der Waals surface area contributed by atoms with Gasteiger partial charge in [0.2, 0.25) is 0 Å². The third-order valence-electron chi connectivity index (χ3n) is 4.61. The second-order valence-corrected chi connectivity index (χ2v) is 6.14. The maximum atomic E-state index is 5.43. The van der Waals surface area contributed by atoms with E-state index in [1.54, 1.807) is 14.2 Å². The van der Waals surface area contributed by atoms with Crippen LogP contribution in [-0.2, 0) is 19.5 Å². The van der Waals surface area contributed by atoms with E-state index < -0.39 is 0 Å². The van der Waals surface area contributed by atoms with Gasteiger partial charge >= 0.3 is 0 Å². The summed E-state index contributed by atoms with van der Waals surface area (Å²) >= 11 is 0. The average Bonchev–Trinajstić information content (AvgIpc) is 3.02. The molecule has 0 amide bonds. The van der Waals surface area contributed by atoms with Gasteiger partial charge in [-0.05, 0) is 41.8 Å². The third-order valence-corrected chi connectivity index (χ3v) is 4.61. The molecule has 1 N–H and O–H groups in total. The number of hydrogen-bond donors (Lipinski definition) is 1. The normalized spacial score (nSPS) is 14.6.